The average Bonchev–Trinajstić information content (AvgIpc) is 2.91. The minimum Gasteiger partial charge on any atom is -0.354 e. The molecule has 1 heterocycles. The summed E-state index contributed by atoms with van der Waals surface area (Å²) in [6, 6.07) is 0. The fraction of sp³-hybridized carbons (Fsp3) is 0.667. The fourth-order valence-corrected chi connectivity index (χ4v) is 2.41. The number of amides is 2. The Hall–Kier alpha value is -0.890. The van der Waals surface area contributed by atoms with Crippen LogP contribution >= 0.6 is 36.2 Å². The lowest BCUT2D eigenvalue weighted by Gasteiger charge is -2.26. The average molecular weight is 399 g/mol. The van der Waals surface area contributed by atoms with Gasteiger partial charge in [0.2, 0.25) is 11.8 Å². The van der Waals surface area contributed by atoms with E-state index in [1.807, 2.05) is 27.7 Å². The summed E-state index contributed by atoms with van der Waals surface area (Å²) >= 11 is 1.32. The molecule has 6 nitrogen and oxygen atoms in total. The van der Waals surface area contributed by atoms with Crippen LogP contribution in [0.1, 0.15) is 46.2 Å². The van der Waals surface area contributed by atoms with Gasteiger partial charge < -0.3 is 16.4 Å². The lowest BCUT2D eigenvalue weighted by molar-refractivity contribution is -0.121. The number of thiazole rings is 1. The zero-order chi connectivity index (χ0) is 16.8. The largest absolute Gasteiger partial charge is 0.354 e. The number of halogens is 2. The minimum atomic E-state index is -0.353. The van der Waals surface area contributed by atoms with Crippen LogP contribution < -0.4 is 16.4 Å². The molecule has 1 aromatic heterocycles. The van der Waals surface area contributed by atoms with Crippen LogP contribution in [-0.4, -0.2) is 28.9 Å². The molecule has 0 aliphatic heterocycles. The number of anilines is 1. The number of nitrogens with two attached hydrogens (primary N) is 1. The minimum absolute atomic E-state index is 0. The highest BCUT2D eigenvalue weighted by molar-refractivity contribution is 7.13. The smallest absolute Gasteiger partial charge is 0.228 e. The van der Waals surface area contributed by atoms with Crippen molar-refractivity contribution in [1.82, 2.24) is 10.3 Å². The normalized spacial score (nSPS) is 10.6. The SMILES string of the molecule is CCC(N)(CC)CNC(=O)Cc1csc(NC(=O)C(C)C)n1.Cl.Cl. The van der Waals surface area contributed by atoms with E-state index in [0.717, 1.165) is 12.8 Å². The van der Waals surface area contributed by atoms with Gasteiger partial charge in [0.1, 0.15) is 0 Å². The van der Waals surface area contributed by atoms with E-state index in [-0.39, 0.29) is 54.5 Å². The van der Waals surface area contributed by atoms with Crippen molar-refractivity contribution in [1.29, 1.82) is 0 Å². The van der Waals surface area contributed by atoms with Crippen LogP contribution in [0.2, 0.25) is 0 Å². The summed E-state index contributed by atoms with van der Waals surface area (Å²) in [4.78, 5) is 27.8. The van der Waals surface area contributed by atoms with Gasteiger partial charge in [-0.2, -0.15) is 0 Å². The number of carbonyl (C=O) groups is 2. The van der Waals surface area contributed by atoms with Gasteiger partial charge in [0.25, 0.3) is 0 Å². The molecule has 0 atom stereocenters. The molecule has 0 aliphatic carbocycles. The first-order valence-electron chi connectivity index (χ1n) is 7.60. The zero-order valence-electron chi connectivity index (χ0n) is 14.5. The van der Waals surface area contributed by atoms with Gasteiger partial charge in [-0.3, -0.25) is 9.59 Å². The number of hydrogen-bond donors (Lipinski definition) is 3. The van der Waals surface area contributed by atoms with Crippen molar-refractivity contribution in [2.45, 2.75) is 52.5 Å². The first-order valence-corrected chi connectivity index (χ1v) is 8.48. The van der Waals surface area contributed by atoms with Crippen LogP contribution in [0.4, 0.5) is 5.13 Å². The summed E-state index contributed by atoms with van der Waals surface area (Å²) in [5, 5.41) is 7.89. The molecule has 0 saturated carbocycles. The second-order valence-corrected chi connectivity index (χ2v) is 6.67. The van der Waals surface area contributed by atoms with Gasteiger partial charge in [0.15, 0.2) is 5.13 Å². The van der Waals surface area contributed by atoms with Crippen LogP contribution in [0.25, 0.3) is 0 Å². The third kappa shape index (κ3) is 8.28. The molecule has 2 amide bonds. The molecule has 140 valence electrons. The van der Waals surface area contributed by atoms with Gasteiger partial charge in [0, 0.05) is 23.4 Å². The van der Waals surface area contributed by atoms with E-state index in [1.165, 1.54) is 11.3 Å². The van der Waals surface area contributed by atoms with Crippen molar-refractivity contribution in [3.8, 4) is 0 Å². The molecule has 0 spiro atoms. The van der Waals surface area contributed by atoms with E-state index in [9.17, 15) is 9.59 Å². The topological polar surface area (TPSA) is 97.1 Å². The van der Waals surface area contributed by atoms with Gasteiger partial charge in [0.05, 0.1) is 12.1 Å². The predicted octanol–water partition coefficient (Wildman–Crippen LogP) is 2.76. The third-order valence-corrected chi connectivity index (χ3v) is 4.50. The molecule has 24 heavy (non-hydrogen) atoms. The number of nitrogens with zero attached hydrogens (tertiary/aromatic N) is 1. The fourth-order valence-electron chi connectivity index (χ4n) is 1.70. The molecule has 4 N–H and O–H groups in total. The van der Waals surface area contributed by atoms with Crippen molar-refractivity contribution in [2.75, 3.05) is 11.9 Å². The number of rotatable bonds is 8. The standard InChI is InChI=1S/C15H26N4O2S.2ClH/c1-5-15(16,6-2)9-17-12(20)7-11-8-22-14(18-11)19-13(21)10(3)4;;/h8,10H,5-7,9,16H2,1-4H3,(H,17,20)(H,18,19,21);2*1H. The molecular formula is C15H28Cl2N4O2S. The highest BCUT2D eigenvalue weighted by atomic mass is 35.5. The predicted molar refractivity (Wildman–Crippen MR) is 104 cm³/mol. The van der Waals surface area contributed by atoms with E-state index in [1.54, 1.807) is 5.38 Å². The highest BCUT2D eigenvalue weighted by Crippen LogP contribution is 2.17. The molecule has 0 radical (unpaired) electrons. The maximum Gasteiger partial charge on any atom is 0.228 e. The summed E-state index contributed by atoms with van der Waals surface area (Å²) in [5.41, 5.74) is 6.45. The van der Waals surface area contributed by atoms with Crippen LogP contribution in [0.3, 0.4) is 0 Å². The summed E-state index contributed by atoms with van der Waals surface area (Å²) < 4.78 is 0. The molecule has 0 aromatic carbocycles. The third-order valence-electron chi connectivity index (χ3n) is 3.69. The molecular weight excluding hydrogens is 371 g/mol. The quantitative estimate of drug-likeness (QED) is 0.626. The second kappa shape index (κ2) is 11.6. The number of nitrogens with one attached hydrogen (secondary N) is 2. The van der Waals surface area contributed by atoms with Crippen LogP contribution in [0, 0.1) is 5.92 Å². The van der Waals surface area contributed by atoms with Gasteiger partial charge in [-0.25, -0.2) is 4.98 Å². The lowest BCUT2D eigenvalue weighted by atomic mass is 9.94. The number of hydrogen-bond acceptors (Lipinski definition) is 5. The van der Waals surface area contributed by atoms with E-state index in [2.05, 4.69) is 15.6 Å². The van der Waals surface area contributed by atoms with Crippen molar-refractivity contribution in [3.05, 3.63) is 11.1 Å². The van der Waals surface area contributed by atoms with Crippen LogP contribution in [0.15, 0.2) is 5.38 Å². The van der Waals surface area contributed by atoms with Gasteiger partial charge in [-0.15, -0.1) is 36.2 Å². The van der Waals surface area contributed by atoms with Gasteiger partial charge >= 0.3 is 0 Å². The first-order chi connectivity index (χ1) is 10.3. The maximum absolute atomic E-state index is 11.9. The number of aromatic nitrogens is 1. The Morgan fingerprint density at radius 3 is 2.38 bits per heavy atom. The van der Waals surface area contributed by atoms with Crippen molar-refractivity contribution >= 4 is 53.1 Å². The molecule has 0 fully saturated rings. The molecule has 1 rings (SSSR count). The Morgan fingerprint density at radius 2 is 1.88 bits per heavy atom. The van der Waals surface area contributed by atoms with Gasteiger partial charge in [-0.05, 0) is 12.8 Å². The van der Waals surface area contributed by atoms with Crippen molar-refractivity contribution in [2.24, 2.45) is 11.7 Å². The van der Waals surface area contributed by atoms with E-state index in [4.69, 9.17) is 5.73 Å². The summed E-state index contributed by atoms with van der Waals surface area (Å²) in [7, 11) is 0. The highest BCUT2D eigenvalue weighted by Gasteiger charge is 2.21. The summed E-state index contributed by atoms with van der Waals surface area (Å²) in [6.45, 7) is 8.12. The summed E-state index contributed by atoms with van der Waals surface area (Å²) in [5.74, 6) is -0.288. The van der Waals surface area contributed by atoms with Crippen molar-refractivity contribution in [3.63, 3.8) is 0 Å². The second-order valence-electron chi connectivity index (χ2n) is 5.81. The Balaban J connectivity index is 0. The maximum atomic E-state index is 11.9. The lowest BCUT2D eigenvalue weighted by Crippen LogP contribution is -2.49. The zero-order valence-corrected chi connectivity index (χ0v) is 17.0. The van der Waals surface area contributed by atoms with Crippen LogP contribution in [0.5, 0.6) is 0 Å². The monoisotopic (exact) mass is 398 g/mol. The molecule has 0 bridgehead atoms. The molecule has 0 saturated heterocycles. The Morgan fingerprint density at radius 1 is 1.29 bits per heavy atom. The Labute approximate surface area is 160 Å². The molecule has 1 aromatic rings. The molecule has 0 aliphatic rings. The van der Waals surface area contributed by atoms with Crippen LogP contribution in [-0.2, 0) is 16.0 Å². The molecule has 0 unspecified atom stereocenters. The van der Waals surface area contributed by atoms with Crippen molar-refractivity contribution < 1.29 is 9.59 Å². The summed E-state index contributed by atoms with van der Waals surface area (Å²) in [6.07, 6.45) is 1.81. The first kappa shape index (κ1) is 25.4. The van der Waals surface area contributed by atoms with E-state index >= 15 is 0 Å². The van der Waals surface area contributed by atoms with Gasteiger partial charge in [-0.1, -0.05) is 27.7 Å². The van der Waals surface area contributed by atoms with E-state index < -0.39 is 0 Å². The Kier molecular flexibility index (Phi) is 12.3. The number of carbonyl (C=O) groups excluding carboxylic acids is 2. The van der Waals surface area contributed by atoms with E-state index in [0.29, 0.717) is 17.4 Å². The Bertz CT molecular complexity index is 519. The molecule has 9 heteroatoms.